The van der Waals surface area contributed by atoms with Gasteiger partial charge in [-0.15, -0.1) is 0 Å². The number of hydrogen-bond acceptors (Lipinski definition) is 8. The van der Waals surface area contributed by atoms with Crippen molar-refractivity contribution in [2.24, 2.45) is 16.8 Å². The molecule has 3 unspecified atom stereocenters. The van der Waals surface area contributed by atoms with Gasteiger partial charge < -0.3 is 41.5 Å². The number of carboxylic acid groups (broad SMARTS) is 1. The zero-order valence-electron chi connectivity index (χ0n) is 25.8. The average molecular weight is 645 g/mol. The molecule has 1 heterocycles. The Bertz CT molecular complexity index is 1240. The standard InChI is InChI=1S/C30H44N8O8/c31-26(40)25(39)22(13-7-8-14-33-30(45)46-18-20-11-5-2-6-12-20)34-27(41)24-16-21(36-37-32)17-38(24)28(42)23(35-29(43)44)15-19-9-3-1-4-10-19/h2,5-6,11-12,19,21-25,35,39H,1,3-4,7-10,13-18H2,(H2,31,40)(H,33,45)(H,34,41)(H,43,44)/t21-,22?,23?,24-,25?/m0/s1. The van der Waals surface area contributed by atoms with Crippen LogP contribution in [0, 0.1) is 5.92 Å². The molecule has 3 rings (SSSR count). The molecule has 5 atom stereocenters. The lowest BCUT2D eigenvalue weighted by atomic mass is 9.84. The molecule has 2 fully saturated rings. The van der Waals surface area contributed by atoms with Gasteiger partial charge in [-0.2, -0.15) is 0 Å². The smallest absolute Gasteiger partial charge is 0.407 e. The fourth-order valence-corrected chi connectivity index (χ4v) is 6.03. The van der Waals surface area contributed by atoms with E-state index < -0.39 is 60.2 Å². The van der Waals surface area contributed by atoms with Crippen LogP contribution in [-0.4, -0.2) is 88.4 Å². The number of likely N-dealkylation sites (tertiary alicyclic amines) is 1. The van der Waals surface area contributed by atoms with E-state index in [-0.39, 0.29) is 44.9 Å². The van der Waals surface area contributed by atoms with Crippen molar-refractivity contribution in [3.63, 3.8) is 0 Å². The molecule has 16 nitrogen and oxygen atoms in total. The Balaban J connectivity index is 1.60. The first-order chi connectivity index (χ1) is 22.1. The molecule has 0 bridgehead atoms. The first kappa shape index (κ1) is 35.9. The van der Waals surface area contributed by atoms with Crippen molar-refractivity contribution in [2.45, 2.75) is 101 Å². The summed E-state index contributed by atoms with van der Waals surface area (Å²) in [7, 11) is 0. The molecule has 1 aromatic rings. The molecule has 0 radical (unpaired) electrons. The molecule has 1 saturated carbocycles. The minimum atomic E-state index is -1.74. The number of nitrogens with zero attached hydrogens (tertiary/aromatic N) is 4. The number of azide groups is 1. The Morgan fingerprint density at radius 3 is 2.46 bits per heavy atom. The predicted octanol–water partition coefficient (Wildman–Crippen LogP) is 2.30. The second-order valence-electron chi connectivity index (χ2n) is 11.8. The van der Waals surface area contributed by atoms with Gasteiger partial charge in [0.2, 0.25) is 17.7 Å². The molecule has 16 heteroatoms. The highest BCUT2D eigenvalue weighted by Gasteiger charge is 2.43. The molecule has 5 amide bonds. The third kappa shape index (κ3) is 11.4. The van der Waals surface area contributed by atoms with Crippen molar-refractivity contribution in [3.05, 3.63) is 46.3 Å². The molecule has 252 valence electrons. The normalized spacial score (nSPS) is 20.0. The summed E-state index contributed by atoms with van der Waals surface area (Å²) in [5.74, 6) is -2.23. The number of alkyl carbamates (subject to hydrolysis) is 1. The zero-order chi connectivity index (χ0) is 33.5. The zero-order valence-corrected chi connectivity index (χ0v) is 25.8. The quantitative estimate of drug-likeness (QED) is 0.0672. The number of amides is 5. The van der Waals surface area contributed by atoms with E-state index in [2.05, 4.69) is 26.0 Å². The third-order valence-corrected chi connectivity index (χ3v) is 8.39. The van der Waals surface area contributed by atoms with E-state index in [4.69, 9.17) is 16.0 Å². The highest BCUT2D eigenvalue weighted by atomic mass is 16.5. The molecule has 0 spiro atoms. The van der Waals surface area contributed by atoms with Crippen molar-refractivity contribution < 1.29 is 38.9 Å². The Morgan fingerprint density at radius 1 is 1.09 bits per heavy atom. The van der Waals surface area contributed by atoms with Crippen LogP contribution < -0.4 is 21.7 Å². The van der Waals surface area contributed by atoms with Crippen LogP contribution in [0.3, 0.4) is 0 Å². The number of aliphatic hydroxyl groups excluding tert-OH is 1. The van der Waals surface area contributed by atoms with Gasteiger partial charge in [0.25, 0.3) is 0 Å². The van der Waals surface area contributed by atoms with Gasteiger partial charge >= 0.3 is 12.2 Å². The summed E-state index contributed by atoms with van der Waals surface area (Å²) in [4.78, 5) is 66.7. The van der Waals surface area contributed by atoms with Gasteiger partial charge in [-0.3, -0.25) is 14.4 Å². The van der Waals surface area contributed by atoms with Crippen LogP contribution in [0.5, 0.6) is 0 Å². The van der Waals surface area contributed by atoms with Crippen LogP contribution in [0.2, 0.25) is 0 Å². The summed E-state index contributed by atoms with van der Waals surface area (Å²) in [5.41, 5.74) is 15.2. The van der Waals surface area contributed by atoms with E-state index in [0.29, 0.717) is 12.8 Å². The number of carbonyl (C=O) groups is 5. The summed E-state index contributed by atoms with van der Waals surface area (Å²) >= 11 is 0. The van der Waals surface area contributed by atoms with Gasteiger partial charge in [-0.25, -0.2) is 9.59 Å². The number of hydrogen-bond donors (Lipinski definition) is 6. The molecule has 1 aromatic carbocycles. The van der Waals surface area contributed by atoms with Crippen LogP contribution >= 0.6 is 0 Å². The van der Waals surface area contributed by atoms with Crippen LogP contribution in [0.15, 0.2) is 35.4 Å². The third-order valence-electron chi connectivity index (χ3n) is 8.39. The molecular formula is C30H44N8O8. The molecule has 0 aromatic heterocycles. The number of carbonyl (C=O) groups excluding carboxylic acids is 4. The number of rotatable bonds is 16. The first-order valence-corrected chi connectivity index (χ1v) is 15.7. The fraction of sp³-hybridized carbons (Fsp3) is 0.633. The average Bonchev–Trinajstić information content (AvgIpc) is 3.47. The molecule has 2 aliphatic rings. The van der Waals surface area contributed by atoms with Crippen LogP contribution in [-0.2, 0) is 25.7 Å². The highest BCUT2D eigenvalue weighted by molar-refractivity contribution is 5.92. The second kappa shape index (κ2) is 18.4. The maximum Gasteiger partial charge on any atom is 0.407 e. The summed E-state index contributed by atoms with van der Waals surface area (Å²) < 4.78 is 5.16. The minimum Gasteiger partial charge on any atom is -0.465 e. The van der Waals surface area contributed by atoms with E-state index in [1.165, 1.54) is 4.90 Å². The molecule has 1 aliphatic carbocycles. The Labute approximate surface area is 267 Å². The summed E-state index contributed by atoms with van der Waals surface area (Å²) in [5, 5.41) is 31.1. The van der Waals surface area contributed by atoms with Crippen molar-refractivity contribution in [2.75, 3.05) is 13.1 Å². The topological polar surface area (TPSA) is 249 Å². The Kier molecular flexibility index (Phi) is 14.4. The van der Waals surface area contributed by atoms with Crippen LogP contribution in [0.25, 0.3) is 10.4 Å². The number of aliphatic hydroxyl groups is 1. The van der Waals surface area contributed by atoms with Crippen molar-refractivity contribution >= 4 is 29.9 Å². The number of ether oxygens (including phenoxy) is 1. The SMILES string of the molecule is [N-]=[N+]=N[C@H]1C[C@@H](C(=O)NC(CCCCNC(=O)OCc2ccccc2)C(O)C(N)=O)N(C(=O)C(CC2CCCCC2)NC(=O)O)C1. The van der Waals surface area contributed by atoms with Gasteiger partial charge in [0, 0.05) is 18.0 Å². The lowest BCUT2D eigenvalue weighted by molar-refractivity contribution is -0.141. The van der Waals surface area contributed by atoms with Gasteiger partial charge in [0.1, 0.15) is 18.7 Å². The summed E-state index contributed by atoms with van der Waals surface area (Å²) in [6, 6.07) is 5.08. The van der Waals surface area contributed by atoms with Crippen molar-refractivity contribution in [1.29, 1.82) is 0 Å². The van der Waals surface area contributed by atoms with Gasteiger partial charge in [-0.1, -0.05) is 67.6 Å². The Hall–Kier alpha value is -4.56. The van der Waals surface area contributed by atoms with Gasteiger partial charge in [0.15, 0.2) is 6.10 Å². The largest absolute Gasteiger partial charge is 0.465 e. The minimum absolute atomic E-state index is 0.0285. The van der Waals surface area contributed by atoms with Crippen molar-refractivity contribution in [1.82, 2.24) is 20.9 Å². The molecule has 1 aliphatic heterocycles. The number of nitrogens with one attached hydrogen (secondary N) is 3. The number of benzene rings is 1. The highest BCUT2D eigenvalue weighted by Crippen LogP contribution is 2.29. The summed E-state index contributed by atoms with van der Waals surface area (Å²) in [6.07, 6.45) is 2.24. The van der Waals surface area contributed by atoms with Gasteiger partial charge in [0.05, 0.1) is 12.1 Å². The van der Waals surface area contributed by atoms with E-state index in [1.807, 2.05) is 30.3 Å². The summed E-state index contributed by atoms with van der Waals surface area (Å²) in [6.45, 7) is 0.248. The monoisotopic (exact) mass is 644 g/mol. The van der Waals surface area contributed by atoms with E-state index >= 15 is 0 Å². The van der Waals surface area contributed by atoms with Crippen LogP contribution in [0.4, 0.5) is 9.59 Å². The van der Waals surface area contributed by atoms with E-state index in [0.717, 1.165) is 37.7 Å². The Morgan fingerprint density at radius 2 is 1.80 bits per heavy atom. The van der Waals surface area contributed by atoms with E-state index in [9.17, 15) is 34.2 Å². The molecule has 7 N–H and O–H groups in total. The maximum atomic E-state index is 13.7. The predicted molar refractivity (Wildman–Crippen MR) is 165 cm³/mol. The number of primary amides is 1. The lowest BCUT2D eigenvalue weighted by Gasteiger charge is -2.32. The molecular weight excluding hydrogens is 600 g/mol. The second-order valence-corrected chi connectivity index (χ2v) is 11.8. The van der Waals surface area contributed by atoms with Gasteiger partial charge in [-0.05, 0) is 49.1 Å². The maximum absolute atomic E-state index is 13.7. The van der Waals surface area contributed by atoms with Crippen LogP contribution in [0.1, 0.15) is 69.8 Å². The van der Waals surface area contributed by atoms with Crippen molar-refractivity contribution in [3.8, 4) is 0 Å². The number of unbranched alkanes of at least 4 members (excludes halogenated alkanes) is 1. The molecule has 46 heavy (non-hydrogen) atoms. The number of nitrogens with two attached hydrogens (primary N) is 1. The molecule has 1 saturated heterocycles. The van der Waals surface area contributed by atoms with E-state index in [1.54, 1.807) is 0 Å². The lowest BCUT2D eigenvalue weighted by Crippen LogP contribution is -2.57. The first-order valence-electron chi connectivity index (χ1n) is 15.7. The fourth-order valence-electron chi connectivity index (χ4n) is 6.03.